The Bertz CT molecular complexity index is 1240. The Balaban J connectivity index is 1.62. The Morgan fingerprint density at radius 2 is 1.80 bits per heavy atom. The summed E-state index contributed by atoms with van der Waals surface area (Å²) in [6.07, 6.45) is 5.29. The van der Waals surface area contributed by atoms with Crippen molar-refractivity contribution in [2.75, 3.05) is 5.32 Å². The normalized spacial score (nSPS) is 11.2. The van der Waals surface area contributed by atoms with Crippen LogP contribution in [0, 0.1) is 6.92 Å². The number of pyridine rings is 2. The Hall–Kier alpha value is -3.40. The Kier molecular flexibility index (Phi) is 5.66. The average molecular weight is 398 g/mol. The molecule has 2 aromatic carbocycles. The topological polar surface area (TPSA) is 57.8 Å². The molecule has 0 atom stereocenters. The van der Waals surface area contributed by atoms with Gasteiger partial charge >= 0.3 is 0 Å². The first-order chi connectivity index (χ1) is 14.5. The van der Waals surface area contributed by atoms with Crippen LogP contribution >= 0.6 is 0 Å². The molecule has 0 unspecified atom stereocenters. The van der Waals surface area contributed by atoms with Crippen molar-refractivity contribution >= 4 is 22.3 Å². The zero-order valence-corrected chi connectivity index (χ0v) is 17.7. The van der Waals surface area contributed by atoms with Gasteiger partial charge in [0.25, 0.3) is 0 Å². The highest BCUT2D eigenvalue weighted by Gasteiger charge is 2.10. The van der Waals surface area contributed by atoms with Crippen LogP contribution in [0.5, 0.6) is 0 Å². The minimum atomic E-state index is -0.0613. The summed E-state index contributed by atoms with van der Waals surface area (Å²) in [6.45, 7) is 6.59. The van der Waals surface area contributed by atoms with Gasteiger partial charge in [-0.15, -0.1) is 0 Å². The number of aromatic nitrogens is 2. The summed E-state index contributed by atoms with van der Waals surface area (Å²) >= 11 is 0. The van der Waals surface area contributed by atoms with Crippen LogP contribution in [-0.2, 0) is 12.8 Å². The van der Waals surface area contributed by atoms with E-state index in [1.807, 2.05) is 18.3 Å². The number of aryl methyl sites for hydroxylation is 3. The first-order valence-corrected chi connectivity index (χ1v) is 10.4. The number of benzene rings is 2. The molecule has 0 aliphatic rings. The van der Waals surface area contributed by atoms with Crippen molar-refractivity contribution in [3.05, 3.63) is 99.6 Å². The van der Waals surface area contributed by atoms with Crippen LogP contribution in [-0.4, -0.2) is 9.97 Å². The lowest BCUT2D eigenvalue weighted by Gasteiger charge is -2.15. The summed E-state index contributed by atoms with van der Waals surface area (Å²) in [4.78, 5) is 18.9. The van der Waals surface area contributed by atoms with Gasteiger partial charge < -0.3 is 10.3 Å². The lowest BCUT2D eigenvalue weighted by atomic mass is 9.97. The van der Waals surface area contributed by atoms with Crippen LogP contribution in [0.1, 0.15) is 42.0 Å². The molecule has 0 spiro atoms. The lowest BCUT2D eigenvalue weighted by molar-refractivity contribution is 0.857. The average Bonchev–Trinajstić information content (AvgIpc) is 2.73. The molecule has 4 rings (SSSR count). The number of aromatic amines is 1. The van der Waals surface area contributed by atoms with Crippen molar-refractivity contribution in [1.29, 1.82) is 0 Å². The van der Waals surface area contributed by atoms with Gasteiger partial charge in [0.1, 0.15) is 5.82 Å². The van der Waals surface area contributed by atoms with Crippen LogP contribution < -0.4 is 10.9 Å². The molecule has 2 aromatic heterocycles. The molecule has 0 saturated carbocycles. The minimum absolute atomic E-state index is 0.0613. The molecule has 0 aliphatic carbocycles. The molecular weight excluding hydrogens is 370 g/mol. The van der Waals surface area contributed by atoms with Crippen LogP contribution in [0.4, 0.5) is 11.5 Å². The van der Waals surface area contributed by atoms with Crippen molar-refractivity contribution in [3.8, 4) is 0 Å². The minimum Gasteiger partial charge on any atom is -0.340 e. The fraction of sp³-hybridized carbons (Fsp3) is 0.231. The van der Waals surface area contributed by atoms with Gasteiger partial charge in [0, 0.05) is 29.5 Å². The number of nitrogens with one attached hydrogen (secondary N) is 2. The predicted molar refractivity (Wildman–Crippen MR) is 125 cm³/mol. The zero-order chi connectivity index (χ0) is 21.1. The summed E-state index contributed by atoms with van der Waals surface area (Å²) in [7, 11) is 0. The van der Waals surface area contributed by atoms with Gasteiger partial charge in [-0.05, 0) is 71.5 Å². The fourth-order valence-corrected chi connectivity index (χ4v) is 4.01. The zero-order valence-electron chi connectivity index (χ0n) is 17.7. The molecule has 0 fully saturated rings. The highest BCUT2D eigenvalue weighted by atomic mass is 16.1. The van der Waals surface area contributed by atoms with Gasteiger partial charge in [0.15, 0.2) is 0 Å². The van der Waals surface area contributed by atoms with Gasteiger partial charge in [-0.2, -0.15) is 0 Å². The highest BCUT2D eigenvalue weighted by Crippen LogP contribution is 2.29. The van der Waals surface area contributed by atoms with Gasteiger partial charge in [-0.3, -0.25) is 4.79 Å². The van der Waals surface area contributed by atoms with E-state index in [9.17, 15) is 4.79 Å². The van der Waals surface area contributed by atoms with Crippen LogP contribution in [0.25, 0.3) is 10.8 Å². The standard InChI is InChI=1S/C26H27N3O/c1-17(2)22-11-10-21(14-18(22)3)29-26-24-7-5-4-6-23(24)20(16-28-26)9-8-19-12-13-27-25(30)15-19/h4-7,10-17H,8-9H2,1-3H3,(H,27,30)(H,28,29). The molecule has 2 heterocycles. The second-order valence-corrected chi connectivity index (χ2v) is 8.09. The summed E-state index contributed by atoms with van der Waals surface area (Å²) < 4.78 is 0. The smallest absolute Gasteiger partial charge is 0.248 e. The lowest BCUT2D eigenvalue weighted by Crippen LogP contribution is -2.05. The number of fused-ring (bicyclic) bond motifs is 1. The van der Waals surface area contributed by atoms with E-state index in [-0.39, 0.29) is 5.56 Å². The fourth-order valence-electron chi connectivity index (χ4n) is 4.01. The van der Waals surface area contributed by atoms with E-state index in [1.54, 1.807) is 12.3 Å². The number of anilines is 2. The number of H-pyrrole nitrogens is 1. The SMILES string of the molecule is Cc1cc(Nc2ncc(CCc3cc[nH]c(=O)c3)c3ccccc23)ccc1C(C)C. The van der Waals surface area contributed by atoms with Crippen molar-refractivity contribution in [1.82, 2.24) is 9.97 Å². The first kappa shape index (κ1) is 19.9. The molecule has 4 heteroatoms. The van der Waals surface area contributed by atoms with Crippen molar-refractivity contribution in [2.45, 2.75) is 39.5 Å². The monoisotopic (exact) mass is 397 g/mol. The molecule has 4 aromatic rings. The van der Waals surface area contributed by atoms with Crippen LogP contribution in [0.15, 0.2) is 71.8 Å². The molecule has 2 N–H and O–H groups in total. The van der Waals surface area contributed by atoms with E-state index in [0.717, 1.165) is 35.3 Å². The van der Waals surface area contributed by atoms with E-state index >= 15 is 0 Å². The van der Waals surface area contributed by atoms with Crippen molar-refractivity contribution in [3.63, 3.8) is 0 Å². The molecule has 30 heavy (non-hydrogen) atoms. The third-order valence-electron chi connectivity index (χ3n) is 5.55. The second-order valence-electron chi connectivity index (χ2n) is 8.09. The quantitative estimate of drug-likeness (QED) is 0.427. The maximum atomic E-state index is 11.5. The largest absolute Gasteiger partial charge is 0.340 e. The third kappa shape index (κ3) is 4.28. The van der Waals surface area contributed by atoms with E-state index in [4.69, 9.17) is 4.98 Å². The molecule has 0 aliphatic heterocycles. The van der Waals surface area contributed by atoms with Crippen LogP contribution in [0.3, 0.4) is 0 Å². The highest BCUT2D eigenvalue weighted by molar-refractivity contribution is 5.95. The first-order valence-electron chi connectivity index (χ1n) is 10.4. The molecular formula is C26H27N3O. The van der Waals surface area contributed by atoms with E-state index in [1.165, 1.54) is 22.1 Å². The van der Waals surface area contributed by atoms with Gasteiger partial charge in [-0.25, -0.2) is 4.98 Å². The summed E-state index contributed by atoms with van der Waals surface area (Å²) in [5.74, 6) is 1.37. The Labute approximate surface area is 177 Å². The Morgan fingerprint density at radius 3 is 2.53 bits per heavy atom. The summed E-state index contributed by atoms with van der Waals surface area (Å²) in [6, 6.07) is 18.5. The maximum Gasteiger partial charge on any atom is 0.248 e. The molecule has 0 radical (unpaired) electrons. The molecule has 0 amide bonds. The third-order valence-corrected chi connectivity index (χ3v) is 5.55. The van der Waals surface area contributed by atoms with E-state index in [0.29, 0.717) is 5.92 Å². The number of hydrogen-bond donors (Lipinski definition) is 2. The number of hydrogen-bond acceptors (Lipinski definition) is 3. The van der Waals surface area contributed by atoms with Gasteiger partial charge in [0.2, 0.25) is 5.56 Å². The molecule has 0 bridgehead atoms. The van der Waals surface area contributed by atoms with Crippen molar-refractivity contribution < 1.29 is 0 Å². The van der Waals surface area contributed by atoms with Gasteiger partial charge in [0.05, 0.1) is 0 Å². The maximum absolute atomic E-state index is 11.5. The van der Waals surface area contributed by atoms with E-state index < -0.39 is 0 Å². The van der Waals surface area contributed by atoms with Gasteiger partial charge in [-0.1, -0.05) is 44.2 Å². The summed E-state index contributed by atoms with van der Waals surface area (Å²) in [5.41, 5.74) is 5.86. The molecule has 0 saturated heterocycles. The molecule has 152 valence electrons. The molecule has 4 nitrogen and oxygen atoms in total. The number of rotatable bonds is 6. The van der Waals surface area contributed by atoms with Crippen molar-refractivity contribution in [2.24, 2.45) is 0 Å². The number of nitrogens with zero attached hydrogens (tertiary/aromatic N) is 1. The Morgan fingerprint density at radius 1 is 1.00 bits per heavy atom. The summed E-state index contributed by atoms with van der Waals surface area (Å²) in [5, 5.41) is 5.80. The predicted octanol–water partition coefficient (Wildman–Crippen LogP) is 5.88. The van der Waals surface area contributed by atoms with E-state index in [2.05, 4.69) is 67.5 Å². The second kappa shape index (κ2) is 8.54. The van der Waals surface area contributed by atoms with Crippen LogP contribution in [0.2, 0.25) is 0 Å².